The van der Waals surface area contributed by atoms with Crippen molar-refractivity contribution in [2.75, 3.05) is 6.54 Å². The molecule has 1 saturated heterocycles. The van der Waals surface area contributed by atoms with Gasteiger partial charge in [0, 0.05) is 41.9 Å². The Hall–Kier alpha value is -3.39. The SMILES string of the molecule is CC(=O)c1cn(CC(=O)N2C[C@@H](C)CC2C(=O)NCc2cccc(Cl)c2F)c2cc(O)ccc12. The normalized spacial score (nSPS) is 17.8. The first kappa shape index (κ1) is 23.8. The summed E-state index contributed by atoms with van der Waals surface area (Å²) in [5.41, 5.74) is 1.28. The van der Waals surface area contributed by atoms with E-state index in [-0.39, 0.29) is 52.9 Å². The molecule has 1 unspecified atom stereocenters. The van der Waals surface area contributed by atoms with E-state index in [1.54, 1.807) is 29.0 Å². The fourth-order valence-electron chi connectivity index (χ4n) is 4.48. The summed E-state index contributed by atoms with van der Waals surface area (Å²) < 4.78 is 15.8. The van der Waals surface area contributed by atoms with Crippen molar-refractivity contribution in [3.63, 3.8) is 0 Å². The van der Waals surface area contributed by atoms with Gasteiger partial charge in [-0.25, -0.2) is 4.39 Å². The molecule has 4 rings (SSSR count). The molecule has 0 radical (unpaired) electrons. The molecule has 7 nitrogen and oxygen atoms in total. The number of carbonyl (C=O) groups excluding carboxylic acids is 3. The largest absolute Gasteiger partial charge is 0.508 e. The maximum absolute atomic E-state index is 14.2. The number of aromatic nitrogens is 1. The molecule has 178 valence electrons. The zero-order valence-corrected chi connectivity index (χ0v) is 19.6. The van der Waals surface area contributed by atoms with E-state index in [1.807, 2.05) is 6.92 Å². The number of carbonyl (C=O) groups is 3. The first-order valence-electron chi connectivity index (χ1n) is 11.0. The van der Waals surface area contributed by atoms with Crippen molar-refractivity contribution in [2.24, 2.45) is 5.92 Å². The van der Waals surface area contributed by atoms with Gasteiger partial charge in [-0.2, -0.15) is 0 Å². The Labute approximate surface area is 201 Å². The Balaban J connectivity index is 1.52. The Morgan fingerprint density at radius 2 is 2.00 bits per heavy atom. The van der Waals surface area contributed by atoms with Crippen LogP contribution in [-0.2, 0) is 22.7 Å². The quantitative estimate of drug-likeness (QED) is 0.518. The minimum Gasteiger partial charge on any atom is -0.508 e. The van der Waals surface area contributed by atoms with Gasteiger partial charge in [0.25, 0.3) is 0 Å². The fourth-order valence-corrected chi connectivity index (χ4v) is 4.68. The predicted octanol–water partition coefficient (Wildman–Crippen LogP) is 3.90. The lowest BCUT2D eigenvalue weighted by Crippen LogP contribution is -2.46. The van der Waals surface area contributed by atoms with Gasteiger partial charge in [0.2, 0.25) is 11.8 Å². The molecule has 0 saturated carbocycles. The number of aromatic hydroxyl groups is 1. The lowest BCUT2D eigenvalue weighted by atomic mass is 10.1. The number of rotatable bonds is 6. The van der Waals surface area contributed by atoms with Crippen LogP contribution in [0.2, 0.25) is 5.02 Å². The molecule has 3 aromatic rings. The van der Waals surface area contributed by atoms with E-state index in [0.717, 1.165) is 0 Å². The van der Waals surface area contributed by atoms with Crippen LogP contribution < -0.4 is 5.32 Å². The van der Waals surface area contributed by atoms with Crippen LogP contribution in [0.5, 0.6) is 5.75 Å². The molecule has 0 bridgehead atoms. The van der Waals surface area contributed by atoms with Gasteiger partial charge in [-0.15, -0.1) is 0 Å². The highest BCUT2D eigenvalue weighted by Gasteiger charge is 2.37. The molecule has 0 aliphatic carbocycles. The van der Waals surface area contributed by atoms with Crippen LogP contribution in [-0.4, -0.2) is 44.8 Å². The van der Waals surface area contributed by atoms with Crippen LogP contribution in [0.25, 0.3) is 10.9 Å². The molecular weight excluding hydrogens is 461 g/mol. The number of amides is 2. The molecule has 1 fully saturated rings. The number of nitrogens with zero attached hydrogens (tertiary/aromatic N) is 2. The summed E-state index contributed by atoms with van der Waals surface area (Å²) in [4.78, 5) is 39.8. The molecule has 2 amide bonds. The third-order valence-electron chi connectivity index (χ3n) is 6.17. The van der Waals surface area contributed by atoms with E-state index in [2.05, 4.69) is 5.32 Å². The van der Waals surface area contributed by atoms with E-state index in [9.17, 15) is 23.9 Å². The third-order valence-corrected chi connectivity index (χ3v) is 6.46. The van der Waals surface area contributed by atoms with Crippen LogP contribution in [0.1, 0.15) is 36.2 Å². The molecule has 1 aliphatic heterocycles. The minimum absolute atomic E-state index is 0.0204. The van der Waals surface area contributed by atoms with Crippen LogP contribution in [0.4, 0.5) is 4.39 Å². The van der Waals surface area contributed by atoms with E-state index >= 15 is 0 Å². The molecule has 1 aromatic heterocycles. The second kappa shape index (κ2) is 9.46. The smallest absolute Gasteiger partial charge is 0.243 e. The van der Waals surface area contributed by atoms with Gasteiger partial charge in [0.05, 0.1) is 10.5 Å². The molecule has 9 heteroatoms. The average Bonchev–Trinajstić information content (AvgIpc) is 3.35. The second-order valence-corrected chi connectivity index (χ2v) is 9.17. The number of ketones is 1. The number of halogens is 2. The molecule has 34 heavy (non-hydrogen) atoms. The summed E-state index contributed by atoms with van der Waals surface area (Å²) in [7, 11) is 0. The van der Waals surface area contributed by atoms with E-state index < -0.39 is 11.9 Å². The Morgan fingerprint density at radius 3 is 2.74 bits per heavy atom. The summed E-state index contributed by atoms with van der Waals surface area (Å²) in [6.07, 6.45) is 2.09. The average molecular weight is 486 g/mol. The maximum Gasteiger partial charge on any atom is 0.243 e. The molecule has 0 spiro atoms. The Morgan fingerprint density at radius 1 is 1.24 bits per heavy atom. The number of likely N-dealkylation sites (tertiary alicyclic amines) is 1. The van der Waals surface area contributed by atoms with Crippen molar-refractivity contribution in [3.8, 4) is 5.75 Å². The number of hydrogen-bond donors (Lipinski definition) is 2. The number of fused-ring (bicyclic) bond motifs is 1. The van der Waals surface area contributed by atoms with Crippen molar-refractivity contribution in [1.82, 2.24) is 14.8 Å². The standard InChI is InChI=1S/C25H25ClFN3O4/c1-14-8-22(25(34)28-10-16-4-3-5-20(26)24(16)27)30(11-14)23(33)13-29-12-19(15(2)31)18-7-6-17(32)9-21(18)29/h3-7,9,12,14,22,32H,8,10-11,13H2,1-2H3,(H,28,34)/t14-,22?/m0/s1. The van der Waals surface area contributed by atoms with E-state index in [4.69, 9.17) is 11.6 Å². The van der Waals surface area contributed by atoms with Gasteiger partial charge in [0.15, 0.2) is 5.78 Å². The van der Waals surface area contributed by atoms with E-state index in [0.29, 0.717) is 29.4 Å². The van der Waals surface area contributed by atoms with E-state index in [1.165, 1.54) is 30.0 Å². The highest BCUT2D eigenvalue weighted by atomic mass is 35.5. The second-order valence-electron chi connectivity index (χ2n) is 8.76. The van der Waals surface area contributed by atoms with Crippen molar-refractivity contribution >= 4 is 40.1 Å². The maximum atomic E-state index is 14.2. The lowest BCUT2D eigenvalue weighted by molar-refractivity contribution is -0.138. The monoisotopic (exact) mass is 485 g/mol. The van der Waals surface area contributed by atoms with Crippen LogP contribution in [0.3, 0.4) is 0 Å². The summed E-state index contributed by atoms with van der Waals surface area (Å²) in [6.45, 7) is 3.68. The highest BCUT2D eigenvalue weighted by Crippen LogP contribution is 2.28. The molecule has 2 heterocycles. The molecule has 1 aliphatic rings. The van der Waals surface area contributed by atoms with Crippen molar-refractivity contribution in [3.05, 3.63) is 64.6 Å². The van der Waals surface area contributed by atoms with Crippen LogP contribution in [0.15, 0.2) is 42.6 Å². The summed E-state index contributed by atoms with van der Waals surface area (Å²) in [6, 6.07) is 8.54. The minimum atomic E-state index is -0.688. The number of phenols is 1. The highest BCUT2D eigenvalue weighted by molar-refractivity contribution is 6.30. The summed E-state index contributed by atoms with van der Waals surface area (Å²) in [5.74, 6) is -1.25. The van der Waals surface area contributed by atoms with Gasteiger partial charge < -0.3 is 19.9 Å². The molecule has 2 atom stereocenters. The lowest BCUT2D eigenvalue weighted by Gasteiger charge is -2.24. The first-order chi connectivity index (χ1) is 16.2. The Kier molecular flexibility index (Phi) is 6.61. The fraction of sp³-hybridized carbons (Fsp3) is 0.320. The summed E-state index contributed by atoms with van der Waals surface area (Å²) in [5, 5.41) is 13.2. The van der Waals surface area contributed by atoms with Crippen molar-refractivity contribution in [2.45, 2.75) is 39.4 Å². The number of phenolic OH excluding ortho intramolecular Hbond substituents is 1. The molecule has 2 aromatic carbocycles. The zero-order chi connectivity index (χ0) is 24.6. The molecular formula is C25H25ClFN3O4. The van der Waals surface area contributed by atoms with Gasteiger partial charge in [-0.3, -0.25) is 14.4 Å². The number of Topliss-reactive ketones (excluding diaryl/α,β-unsaturated/α-hetero) is 1. The van der Waals surface area contributed by atoms with Crippen molar-refractivity contribution < 1.29 is 23.9 Å². The molecule has 2 N–H and O–H groups in total. The number of benzene rings is 2. The number of hydrogen-bond acceptors (Lipinski definition) is 4. The number of nitrogens with one attached hydrogen (secondary N) is 1. The van der Waals surface area contributed by atoms with Crippen LogP contribution >= 0.6 is 11.6 Å². The first-order valence-corrected chi connectivity index (χ1v) is 11.4. The topological polar surface area (TPSA) is 91.6 Å². The van der Waals surface area contributed by atoms with Gasteiger partial charge in [-0.1, -0.05) is 30.7 Å². The summed E-state index contributed by atoms with van der Waals surface area (Å²) >= 11 is 5.81. The Bertz CT molecular complexity index is 1290. The predicted molar refractivity (Wildman–Crippen MR) is 126 cm³/mol. The van der Waals surface area contributed by atoms with Gasteiger partial charge in [0.1, 0.15) is 24.2 Å². The van der Waals surface area contributed by atoms with Crippen LogP contribution in [0, 0.1) is 11.7 Å². The zero-order valence-electron chi connectivity index (χ0n) is 18.8. The van der Waals surface area contributed by atoms with Gasteiger partial charge >= 0.3 is 0 Å². The van der Waals surface area contributed by atoms with Crippen molar-refractivity contribution in [1.29, 1.82) is 0 Å². The van der Waals surface area contributed by atoms with Gasteiger partial charge in [-0.05, 0) is 37.5 Å². The third kappa shape index (κ3) is 4.63.